The first-order chi connectivity index (χ1) is 14.5. The Morgan fingerprint density at radius 2 is 1.97 bits per heavy atom. The van der Waals surface area contributed by atoms with Crippen LogP contribution in [0.2, 0.25) is 5.02 Å². The zero-order valence-corrected chi connectivity index (χ0v) is 17.8. The van der Waals surface area contributed by atoms with E-state index in [9.17, 15) is 9.59 Å². The van der Waals surface area contributed by atoms with Gasteiger partial charge in [0.15, 0.2) is 5.69 Å². The minimum atomic E-state index is -0.247. The molecule has 2 aromatic heterocycles. The molecule has 1 aromatic carbocycles. The maximum atomic E-state index is 12.9. The van der Waals surface area contributed by atoms with Gasteiger partial charge in [-0.3, -0.25) is 4.79 Å². The molecule has 1 N–H and O–H groups in total. The first kappa shape index (κ1) is 20.2. The molecule has 1 atom stereocenters. The highest BCUT2D eigenvalue weighted by Gasteiger charge is 2.34. The Bertz CT molecular complexity index is 1080. The van der Waals surface area contributed by atoms with Crippen LogP contribution >= 0.6 is 11.6 Å². The van der Waals surface area contributed by atoms with Crippen molar-refractivity contribution in [3.05, 3.63) is 70.8 Å². The molecule has 0 aliphatic carbocycles. The van der Waals surface area contributed by atoms with E-state index in [1.807, 2.05) is 45.8 Å². The standard InChI is InChI=1S/C22H24ClN5O2/c1-26(2)22(30)28-13-5-7-18(28)20-25-19(17-6-3-4-12-27(17)20)21(29)24-14-15-8-10-16(23)11-9-15/h3-4,6,8-12,18H,5,7,13-14H2,1-2H3,(H,24,29)/t18-/m1/s1. The fourth-order valence-electron chi connectivity index (χ4n) is 3.85. The number of amides is 3. The number of rotatable bonds is 4. The molecule has 30 heavy (non-hydrogen) atoms. The number of carbonyl (C=O) groups excluding carboxylic acids is 2. The largest absolute Gasteiger partial charge is 0.347 e. The van der Waals surface area contributed by atoms with Gasteiger partial charge >= 0.3 is 6.03 Å². The Balaban J connectivity index is 1.63. The first-order valence-corrected chi connectivity index (χ1v) is 10.3. The number of pyridine rings is 1. The summed E-state index contributed by atoms with van der Waals surface area (Å²) in [5, 5.41) is 3.59. The molecule has 4 rings (SSSR count). The van der Waals surface area contributed by atoms with Crippen LogP contribution in [0, 0.1) is 0 Å². The van der Waals surface area contributed by atoms with E-state index in [0.29, 0.717) is 23.8 Å². The van der Waals surface area contributed by atoms with E-state index in [0.717, 1.165) is 29.7 Å². The highest BCUT2D eigenvalue weighted by atomic mass is 35.5. The molecule has 3 amide bonds. The number of likely N-dealkylation sites (tertiary alicyclic amines) is 1. The van der Waals surface area contributed by atoms with Crippen LogP contribution in [0.15, 0.2) is 48.7 Å². The molecule has 3 aromatic rings. The molecule has 1 aliphatic rings. The fraction of sp³-hybridized carbons (Fsp3) is 0.318. The number of nitrogens with zero attached hydrogens (tertiary/aromatic N) is 4. The van der Waals surface area contributed by atoms with Crippen LogP contribution in [0.1, 0.15) is 40.8 Å². The van der Waals surface area contributed by atoms with Crippen molar-refractivity contribution in [1.82, 2.24) is 24.5 Å². The molecule has 7 nitrogen and oxygen atoms in total. The first-order valence-electron chi connectivity index (χ1n) is 9.93. The topological polar surface area (TPSA) is 70.0 Å². The summed E-state index contributed by atoms with van der Waals surface area (Å²) >= 11 is 5.92. The summed E-state index contributed by atoms with van der Waals surface area (Å²) in [6.45, 7) is 1.06. The van der Waals surface area contributed by atoms with Crippen LogP contribution in [0.5, 0.6) is 0 Å². The Morgan fingerprint density at radius 3 is 2.70 bits per heavy atom. The van der Waals surface area contributed by atoms with Gasteiger partial charge in [-0.25, -0.2) is 9.78 Å². The lowest BCUT2D eigenvalue weighted by atomic mass is 10.2. The van der Waals surface area contributed by atoms with Crippen molar-refractivity contribution in [1.29, 1.82) is 0 Å². The van der Waals surface area contributed by atoms with Crippen LogP contribution < -0.4 is 5.32 Å². The Kier molecular flexibility index (Phi) is 5.63. The molecule has 156 valence electrons. The molecule has 8 heteroatoms. The number of hydrogen-bond donors (Lipinski definition) is 1. The second-order valence-corrected chi connectivity index (χ2v) is 8.05. The van der Waals surface area contributed by atoms with Crippen LogP contribution in [0.3, 0.4) is 0 Å². The second-order valence-electron chi connectivity index (χ2n) is 7.61. The maximum Gasteiger partial charge on any atom is 0.320 e. The Labute approximate surface area is 180 Å². The van der Waals surface area contributed by atoms with Gasteiger partial charge in [0.1, 0.15) is 5.82 Å². The molecule has 0 radical (unpaired) electrons. The number of urea groups is 1. The summed E-state index contributed by atoms with van der Waals surface area (Å²) < 4.78 is 1.92. The van der Waals surface area contributed by atoms with Crippen molar-refractivity contribution in [2.24, 2.45) is 0 Å². The monoisotopic (exact) mass is 425 g/mol. The average Bonchev–Trinajstić information content (AvgIpc) is 3.37. The maximum absolute atomic E-state index is 12.9. The summed E-state index contributed by atoms with van der Waals surface area (Å²) in [5.41, 5.74) is 2.05. The van der Waals surface area contributed by atoms with Gasteiger partial charge < -0.3 is 19.5 Å². The quantitative estimate of drug-likeness (QED) is 0.692. The van der Waals surface area contributed by atoms with Gasteiger partial charge in [0.25, 0.3) is 5.91 Å². The summed E-state index contributed by atoms with van der Waals surface area (Å²) in [5.74, 6) is 0.471. The van der Waals surface area contributed by atoms with Crippen molar-refractivity contribution < 1.29 is 9.59 Å². The number of carbonyl (C=O) groups is 2. The van der Waals surface area contributed by atoms with E-state index in [-0.39, 0.29) is 18.0 Å². The lowest BCUT2D eigenvalue weighted by molar-refractivity contribution is 0.0948. The van der Waals surface area contributed by atoms with E-state index in [1.165, 1.54) is 0 Å². The van der Waals surface area contributed by atoms with E-state index >= 15 is 0 Å². The van der Waals surface area contributed by atoms with Crippen molar-refractivity contribution >= 4 is 29.1 Å². The number of nitrogens with one attached hydrogen (secondary N) is 1. The number of hydrogen-bond acceptors (Lipinski definition) is 3. The van der Waals surface area contributed by atoms with Gasteiger partial charge in [-0.05, 0) is 42.7 Å². The van der Waals surface area contributed by atoms with Gasteiger partial charge in [-0.15, -0.1) is 0 Å². The van der Waals surface area contributed by atoms with Crippen molar-refractivity contribution in [2.75, 3.05) is 20.6 Å². The number of benzene rings is 1. The number of fused-ring (bicyclic) bond motifs is 1. The highest BCUT2D eigenvalue weighted by molar-refractivity contribution is 6.30. The zero-order valence-electron chi connectivity index (χ0n) is 17.0. The summed E-state index contributed by atoms with van der Waals surface area (Å²) in [7, 11) is 3.49. The van der Waals surface area contributed by atoms with Gasteiger partial charge in [-0.2, -0.15) is 0 Å². The average molecular weight is 426 g/mol. The zero-order chi connectivity index (χ0) is 21.3. The third-order valence-electron chi connectivity index (χ3n) is 5.34. The molecule has 1 fully saturated rings. The van der Waals surface area contributed by atoms with Crippen LogP contribution in [-0.2, 0) is 6.54 Å². The molecular formula is C22H24ClN5O2. The molecular weight excluding hydrogens is 402 g/mol. The van der Waals surface area contributed by atoms with E-state index in [4.69, 9.17) is 16.6 Å². The third kappa shape index (κ3) is 3.85. The Hall–Kier alpha value is -3.06. The predicted octanol–water partition coefficient (Wildman–Crippen LogP) is 3.74. The molecule has 0 bridgehead atoms. The molecule has 1 aliphatic heterocycles. The van der Waals surface area contributed by atoms with Crippen LogP contribution in [0.4, 0.5) is 4.79 Å². The summed E-state index contributed by atoms with van der Waals surface area (Å²) in [4.78, 5) is 33.7. The molecule has 0 spiro atoms. The third-order valence-corrected chi connectivity index (χ3v) is 5.59. The minimum Gasteiger partial charge on any atom is -0.347 e. The Morgan fingerprint density at radius 1 is 1.20 bits per heavy atom. The van der Waals surface area contributed by atoms with Crippen LogP contribution in [0.25, 0.3) is 5.52 Å². The SMILES string of the molecule is CN(C)C(=O)N1CCC[C@@H]1c1nc(C(=O)NCc2ccc(Cl)cc2)c2ccccn12. The van der Waals surface area contributed by atoms with Crippen molar-refractivity contribution in [2.45, 2.75) is 25.4 Å². The van der Waals surface area contributed by atoms with E-state index in [2.05, 4.69) is 5.32 Å². The number of aromatic nitrogens is 2. The van der Waals surface area contributed by atoms with Gasteiger partial charge in [0.2, 0.25) is 0 Å². The second kappa shape index (κ2) is 8.36. The normalized spacial score (nSPS) is 16.1. The van der Waals surface area contributed by atoms with Crippen molar-refractivity contribution in [3.63, 3.8) is 0 Å². The van der Waals surface area contributed by atoms with E-state index in [1.54, 1.807) is 31.1 Å². The predicted molar refractivity (Wildman–Crippen MR) is 116 cm³/mol. The number of halogens is 1. The fourth-order valence-corrected chi connectivity index (χ4v) is 3.98. The van der Waals surface area contributed by atoms with Crippen molar-refractivity contribution in [3.8, 4) is 0 Å². The molecule has 1 saturated heterocycles. The molecule has 0 saturated carbocycles. The molecule has 0 unspecified atom stereocenters. The van der Waals surface area contributed by atoms with Crippen LogP contribution in [-0.4, -0.2) is 51.8 Å². The lowest BCUT2D eigenvalue weighted by Crippen LogP contribution is -2.39. The van der Waals surface area contributed by atoms with E-state index < -0.39 is 0 Å². The van der Waals surface area contributed by atoms with Gasteiger partial charge in [-0.1, -0.05) is 29.8 Å². The molecule has 3 heterocycles. The summed E-state index contributed by atoms with van der Waals surface area (Å²) in [6.07, 6.45) is 3.62. The number of imidazole rings is 1. The smallest absolute Gasteiger partial charge is 0.320 e. The minimum absolute atomic E-state index is 0.0427. The lowest BCUT2D eigenvalue weighted by Gasteiger charge is -2.27. The van der Waals surface area contributed by atoms with Gasteiger partial charge in [0.05, 0.1) is 11.6 Å². The highest BCUT2D eigenvalue weighted by Crippen LogP contribution is 2.33. The summed E-state index contributed by atoms with van der Waals surface area (Å²) in [6, 6.07) is 12.8. The van der Waals surface area contributed by atoms with Gasteiger partial charge in [0, 0.05) is 38.4 Å².